The van der Waals surface area contributed by atoms with E-state index < -0.39 is 0 Å². The summed E-state index contributed by atoms with van der Waals surface area (Å²) in [6, 6.07) is 11.1. The van der Waals surface area contributed by atoms with Crippen molar-refractivity contribution < 1.29 is 9.53 Å². The first-order valence-electron chi connectivity index (χ1n) is 5.95. The third-order valence-electron chi connectivity index (χ3n) is 2.67. The fraction of sp³-hybridized carbons (Fsp3) is 0.133. The highest BCUT2D eigenvalue weighted by molar-refractivity contribution is 14.1. The predicted octanol–water partition coefficient (Wildman–Crippen LogP) is 5.45. The maximum atomic E-state index is 12.6. The van der Waals surface area contributed by atoms with Crippen molar-refractivity contribution in [3.8, 4) is 5.75 Å². The highest BCUT2D eigenvalue weighted by atomic mass is 127. The predicted molar refractivity (Wildman–Crippen MR) is 95.6 cm³/mol. The second-order valence-corrected chi connectivity index (χ2v) is 6.96. The topological polar surface area (TPSA) is 26.3 Å². The second kappa shape index (κ2) is 7.04. The van der Waals surface area contributed by atoms with E-state index in [2.05, 4.69) is 54.5 Å². The number of halogens is 3. The van der Waals surface area contributed by atoms with E-state index in [0.29, 0.717) is 17.7 Å². The van der Waals surface area contributed by atoms with E-state index in [0.717, 1.165) is 18.3 Å². The van der Waals surface area contributed by atoms with Crippen molar-refractivity contribution in [2.24, 2.45) is 0 Å². The molecule has 0 unspecified atom stereocenters. The van der Waals surface area contributed by atoms with Crippen molar-refractivity contribution in [2.75, 3.05) is 6.61 Å². The van der Waals surface area contributed by atoms with E-state index in [1.54, 1.807) is 6.07 Å². The van der Waals surface area contributed by atoms with Gasteiger partial charge in [-0.15, -0.1) is 0 Å². The third-order valence-corrected chi connectivity index (χ3v) is 4.76. The second-order valence-electron chi connectivity index (χ2n) is 4.03. The van der Waals surface area contributed by atoms with Gasteiger partial charge >= 0.3 is 0 Å². The van der Waals surface area contributed by atoms with Crippen LogP contribution in [0.2, 0.25) is 0 Å². The van der Waals surface area contributed by atoms with Crippen LogP contribution in [0.15, 0.2) is 45.3 Å². The summed E-state index contributed by atoms with van der Waals surface area (Å²) in [6.45, 7) is 2.53. The lowest BCUT2D eigenvalue weighted by molar-refractivity contribution is 0.103. The Labute approximate surface area is 148 Å². The average molecular weight is 510 g/mol. The molecule has 2 aromatic rings. The van der Waals surface area contributed by atoms with Crippen LogP contribution in [0.1, 0.15) is 22.8 Å². The zero-order valence-electron chi connectivity index (χ0n) is 10.6. The maximum Gasteiger partial charge on any atom is 0.195 e. The Morgan fingerprint density at radius 3 is 2.55 bits per heavy atom. The Kier molecular flexibility index (Phi) is 5.63. The van der Waals surface area contributed by atoms with Crippen molar-refractivity contribution in [2.45, 2.75) is 6.92 Å². The lowest BCUT2D eigenvalue weighted by Crippen LogP contribution is -2.05. The van der Waals surface area contributed by atoms with E-state index >= 15 is 0 Å². The first kappa shape index (κ1) is 16.0. The summed E-state index contributed by atoms with van der Waals surface area (Å²) in [5.41, 5.74) is 1.31. The zero-order valence-corrected chi connectivity index (χ0v) is 16.0. The standard InChI is InChI=1S/C15H11Br2IO2/c1-2-20-10-4-5-11(13(17)8-10)15(19)12-7-9(16)3-6-14(12)18/h3-8H,2H2,1H3. The third kappa shape index (κ3) is 3.62. The molecule has 2 nitrogen and oxygen atoms in total. The molecule has 0 N–H and O–H groups in total. The fourth-order valence-electron chi connectivity index (χ4n) is 1.75. The average Bonchev–Trinajstić information content (AvgIpc) is 2.41. The van der Waals surface area contributed by atoms with Crippen LogP contribution in [0.5, 0.6) is 5.75 Å². The molecule has 0 bridgehead atoms. The number of benzene rings is 2. The number of ether oxygens (including phenoxy) is 1. The summed E-state index contributed by atoms with van der Waals surface area (Å²) < 4.78 is 7.98. The first-order valence-corrected chi connectivity index (χ1v) is 8.61. The summed E-state index contributed by atoms with van der Waals surface area (Å²) in [5, 5.41) is 0. The Morgan fingerprint density at radius 1 is 1.15 bits per heavy atom. The molecule has 0 aromatic heterocycles. The smallest absolute Gasteiger partial charge is 0.195 e. The van der Waals surface area contributed by atoms with Crippen molar-refractivity contribution in [3.63, 3.8) is 0 Å². The number of ketones is 1. The Morgan fingerprint density at radius 2 is 1.90 bits per heavy atom. The van der Waals surface area contributed by atoms with Gasteiger partial charge in [0.1, 0.15) is 5.75 Å². The summed E-state index contributed by atoms with van der Waals surface area (Å²) in [4.78, 5) is 12.6. The highest BCUT2D eigenvalue weighted by Gasteiger charge is 2.16. The normalized spacial score (nSPS) is 10.4. The molecule has 0 aliphatic rings. The van der Waals surface area contributed by atoms with Crippen LogP contribution in [0.25, 0.3) is 0 Å². The molecule has 0 fully saturated rings. The monoisotopic (exact) mass is 508 g/mol. The van der Waals surface area contributed by atoms with Gasteiger partial charge in [0.05, 0.1) is 6.61 Å². The van der Waals surface area contributed by atoms with Crippen LogP contribution in [0.3, 0.4) is 0 Å². The quantitative estimate of drug-likeness (QED) is 0.405. The Balaban J connectivity index is 2.40. The molecule has 0 amide bonds. The molecule has 0 spiro atoms. The van der Waals surface area contributed by atoms with E-state index in [-0.39, 0.29) is 5.78 Å². The summed E-state index contributed by atoms with van der Waals surface area (Å²) in [7, 11) is 0. The zero-order chi connectivity index (χ0) is 14.7. The molecule has 104 valence electrons. The Hall–Kier alpha value is -0.400. The number of hydrogen-bond donors (Lipinski definition) is 0. The van der Waals surface area contributed by atoms with Crippen molar-refractivity contribution in [3.05, 3.63) is 60.0 Å². The van der Waals surface area contributed by atoms with Crippen molar-refractivity contribution >= 4 is 60.2 Å². The molecule has 0 saturated carbocycles. The molecule has 0 saturated heterocycles. The molecule has 0 aliphatic heterocycles. The lowest BCUT2D eigenvalue weighted by Gasteiger charge is -2.09. The molecule has 5 heteroatoms. The lowest BCUT2D eigenvalue weighted by atomic mass is 10.0. The minimum atomic E-state index is -0.00868. The fourth-order valence-corrected chi connectivity index (χ4v) is 3.23. The van der Waals surface area contributed by atoms with Gasteiger partial charge in [-0.3, -0.25) is 4.79 Å². The molecule has 2 aromatic carbocycles. The van der Waals surface area contributed by atoms with Gasteiger partial charge in [-0.2, -0.15) is 0 Å². The largest absolute Gasteiger partial charge is 0.494 e. The number of carbonyl (C=O) groups is 1. The van der Waals surface area contributed by atoms with Gasteiger partial charge < -0.3 is 4.74 Å². The van der Waals surface area contributed by atoms with Crippen molar-refractivity contribution in [1.82, 2.24) is 0 Å². The van der Waals surface area contributed by atoms with Crippen LogP contribution in [-0.2, 0) is 0 Å². The minimum Gasteiger partial charge on any atom is -0.494 e. The number of hydrogen-bond acceptors (Lipinski definition) is 2. The van der Waals surface area contributed by atoms with Crippen LogP contribution >= 0.6 is 54.5 Å². The molecule has 0 radical (unpaired) electrons. The maximum absolute atomic E-state index is 12.6. The van der Waals surface area contributed by atoms with Gasteiger partial charge in [-0.1, -0.05) is 15.9 Å². The van der Waals surface area contributed by atoms with Gasteiger partial charge in [0.15, 0.2) is 5.78 Å². The number of carbonyl (C=O) groups excluding carboxylic acids is 1. The summed E-state index contributed by atoms with van der Waals surface area (Å²) in [5.74, 6) is 0.741. The molecule has 20 heavy (non-hydrogen) atoms. The van der Waals surface area contributed by atoms with Gasteiger partial charge in [-0.25, -0.2) is 0 Å². The number of rotatable bonds is 4. The SMILES string of the molecule is CCOc1ccc(C(=O)c2cc(Br)ccc2I)c(Br)c1. The molecular formula is C15H11Br2IO2. The van der Waals surface area contributed by atoms with Gasteiger partial charge in [0.25, 0.3) is 0 Å². The molecule has 0 heterocycles. The molecule has 2 rings (SSSR count). The van der Waals surface area contributed by atoms with Gasteiger partial charge in [-0.05, 0) is 81.8 Å². The summed E-state index contributed by atoms with van der Waals surface area (Å²) in [6.07, 6.45) is 0. The van der Waals surface area contributed by atoms with Crippen LogP contribution < -0.4 is 4.74 Å². The molecule has 0 atom stereocenters. The summed E-state index contributed by atoms with van der Waals surface area (Å²) >= 11 is 9.01. The van der Waals surface area contributed by atoms with Crippen LogP contribution in [0, 0.1) is 3.57 Å². The van der Waals surface area contributed by atoms with E-state index in [1.165, 1.54) is 0 Å². The van der Waals surface area contributed by atoms with Gasteiger partial charge in [0.2, 0.25) is 0 Å². The van der Waals surface area contributed by atoms with Crippen molar-refractivity contribution in [1.29, 1.82) is 0 Å². The van der Waals surface area contributed by atoms with E-state index in [1.807, 2.05) is 37.3 Å². The van der Waals surface area contributed by atoms with E-state index in [9.17, 15) is 4.79 Å². The van der Waals surface area contributed by atoms with Gasteiger partial charge in [0, 0.05) is 23.6 Å². The first-order chi connectivity index (χ1) is 9.52. The minimum absolute atomic E-state index is 0.00868. The van der Waals surface area contributed by atoms with E-state index in [4.69, 9.17) is 4.74 Å². The molecule has 0 aliphatic carbocycles. The molecular weight excluding hydrogens is 499 g/mol. The highest BCUT2D eigenvalue weighted by Crippen LogP contribution is 2.28. The Bertz CT molecular complexity index is 656. The van der Waals surface area contributed by atoms with Crippen LogP contribution in [-0.4, -0.2) is 12.4 Å². The van der Waals surface area contributed by atoms with Crippen LogP contribution in [0.4, 0.5) is 0 Å².